The van der Waals surface area contributed by atoms with E-state index in [1.807, 2.05) is 6.20 Å². The Labute approximate surface area is 51.1 Å². The second-order valence-electron chi connectivity index (χ2n) is 2.29. The zero-order valence-corrected chi connectivity index (χ0v) is 4.73. The van der Waals surface area contributed by atoms with Crippen molar-refractivity contribution in [2.24, 2.45) is 4.99 Å². The van der Waals surface area contributed by atoms with Crippen LogP contribution in [-0.4, -0.2) is 11.7 Å². The lowest BCUT2D eigenvalue weighted by molar-refractivity contribution is 1.05. The number of aromatic amines is 1. The molecule has 2 N–H and O–H groups in total. The van der Waals surface area contributed by atoms with Crippen LogP contribution in [0.5, 0.6) is 0 Å². The van der Waals surface area contributed by atoms with E-state index in [4.69, 9.17) is 0 Å². The van der Waals surface area contributed by atoms with Gasteiger partial charge in [-0.2, -0.15) is 0 Å². The molecule has 0 unspecified atom stereocenters. The molecule has 3 heteroatoms. The number of fused-ring (bicyclic) bond motifs is 1. The average molecular weight is 119 g/mol. The lowest BCUT2D eigenvalue weighted by Gasteiger charge is -2.13. The molecule has 1 aliphatic heterocycles. The van der Waals surface area contributed by atoms with Crippen LogP contribution in [0.2, 0.25) is 0 Å². The molecule has 1 aliphatic rings. The Morgan fingerprint density at radius 3 is 3.00 bits per heavy atom. The third-order valence-electron chi connectivity index (χ3n) is 1.87. The van der Waals surface area contributed by atoms with Gasteiger partial charge >= 0.3 is 0 Å². The van der Waals surface area contributed by atoms with E-state index < -0.39 is 0 Å². The topological polar surface area (TPSA) is 40.2 Å². The molecule has 0 saturated heterocycles. The Kier molecular flexibility index (Phi) is 0.371. The van der Waals surface area contributed by atoms with E-state index in [1.165, 1.54) is 21.9 Å². The van der Waals surface area contributed by atoms with Gasteiger partial charge in [0.2, 0.25) is 0 Å². The van der Waals surface area contributed by atoms with Crippen LogP contribution >= 0.6 is 0 Å². The summed E-state index contributed by atoms with van der Waals surface area (Å²) >= 11 is 0. The second-order valence-corrected chi connectivity index (χ2v) is 2.29. The Morgan fingerprint density at radius 2 is 2.56 bits per heavy atom. The minimum absolute atomic E-state index is 0.757. The van der Waals surface area contributed by atoms with Crippen molar-refractivity contribution in [3.8, 4) is 0 Å². The van der Waals surface area contributed by atoms with Crippen molar-refractivity contribution in [2.75, 3.05) is 12.0 Å². The predicted octanol–water partition coefficient (Wildman–Crippen LogP) is 0.327. The number of anilines is 1. The molecule has 4 rings (SSSR count). The van der Waals surface area contributed by atoms with E-state index in [0.717, 1.165) is 6.67 Å². The van der Waals surface area contributed by atoms with Gasteiger partial charge in [-0.15, -0.1) is 0 Å². The molecule has 3 heterocycles. The first-order valence-corrected chi connectivity index (χ1v) is 2.97. The minimum atomic E-state index is 0.757. The summed E-state index contributed by atoms with van der Waals surface area (Å²) in [5.74, 6) is 0. The zero-order chi connectivity index (χ0) is 5.84. The van der Waals surface area contributed by atoms with E-state index >= 15 is 0 Å². The first-order valence-electron chi connectivity index (χ1n) is 2.97. The maximum atomic E-state index is 4.24. The molecule has 4 bridgehead atoms. The summed E-state index contributed by atoms with van der Waals surface area (Å²) in [6, 6.07) is 0. The smallest absolute Gasteiger partial charge is 0.108 e. The van der Waals surface area contributed by atoms with Gasteiger partial charge in [0.25, 0.3) is 0 Å². The van der Waals surface area contributed by atoms with Gasteiger partial charge in [-0.1, -0.05) is 0 Å². The molecule has 0 atom stereocenters. The highest BCUT2D eigenvalue weighted by Gasteiger charge is 2.18. The SMILES string of the molecule is c1[nH]c2c3c1c2=NCN3. The standard InChI is InChI=1S/C6H5N3/c1-3-4-6(7-1)5(3)9-2-8-4/h1,7-8H,2H2. The fraction of sp³-hybridized carbons (Fsp3) is 0.167. The van der Waals surface area contributed by atoms with Crippen molar-refractivity contribution in [3.05, 3.63) is 11.6 Å². The maximum absolute atomic E-state index is 4.24. The molecular weight excluding hydrogens is 114 g/mol. The molecule has 0 spiro atoms. The lowest BCUT2D eigenvalue weighted by Crippen LogP contribution is -2.21. The second kappa shape index (κ2) is 0.900. The molecule has 2 aromatic heterocycles. The van der Waals surface area contributed by atoms with Crippen LogP contribution in [0, 0.1) is 0 Å². The number of aromatic nitrogens is 1. The van der Waals surface area contributed by atoms with Gasteiger partial charge in [0.05, 0.1) is 16.6 Å². The van der Waals surface area contributed by atoms with E-state index in [2.05, 4.69) is 15.3 Å². The van der Waals surface area contributed by atoms with Crippen LogP contribution in [0.1, 0.15) is 0 Å². The molecule has 0 amide bonds. The number of hydrogen-bond donors (Lipinski definition) is 2. The lowest BCUT2D eigenvalue weighted by atomic mass is 10.1. The number of rotatable bonds is 0. The van der Waals surface area contributed by atoms with Crippen molar-refractivity contribution in [1.29, 1.82) is 0 Å². The molecule has 0 fully saturated rings. The van der Waals surface area contributed by atoms with Crippen molar-refractivity contribution in [2.45, 2.75) is 0 Å². The highest BCUT2D eigenvalue weighted by Crippen LogP contribution is 2.26. The maximum Gasteiger partial charge on any atom is 0.108 e. The Morgan fingerprint density at radius 1 is 1.56 bits per heavy atom. The third-order valence-corrected chi connectivity index (χ3v) is 1.87. The van der Waals surface area contributed by atoms with E-state index in [0.29, 0.717) is 0 Å². The van der Waals surface area contributed by atoms with Gasteiger partial charge in [-0.25, -0.2) is 0 Å². The zero-order valence-electron chi connectivity index (χ0n) is 4.73. The van der Waals surface area contributed by atoms with Crippen LogP contribution in [0.25, 0.3) is 10.9 Å². The number of nitrogens with zero attached hydrogens (tertiary/aromatic N) is 1. The van der Waals surface area contributed by atoms with Crippen LogP contribution < -0.4 is 10.7 Å². The van der Waals surface area contributed by atoms with Crippen molar-refractivity contribution < 1.29 is 0 Å². The predicted molar refractivity (Wildman–Crippen MR) is 34.7 cm³/mol. The van der Waals surface area contributed by atoms with Gasteiger partial charge in [0.15, 0.2) is 0 Å². The summed E-state index contributed by atoms with van der Waals surface area (Å²) < 4.78 is 0. The van der Waals surface area contributed by atoms with Crippen LogP contribution in [-0.2, 0) is 0 Å². The molecule has 0 radical (unpaired) electrons. The normalized spacial score (nSPS) is 16.0. The summed E-state index contributed by atoms with van der Waals surface area (Å²) in [6.45, 7) is 0.757. The van der Waals surface area contributed by atoms with Crippen LogP contribution in [0.3, 0.4) is 0 Å². The number of hydrogen-bond acceptors (Lipinski definition) is 2. The average Bonchev–Trinajstić information content (AvgIpc) is 2.48. The summed E-state index contributed by atoms with van der Waals surface area (Å²) in [5, 5.41) is 5.60. The van der Waals surface area contributed by atoms with E-state index in [9.17, 15) is 0 Å². The molecule has 1 aromatic carbocycles. The van der Waals surface area contributed by atoms with E-state index in [1.54, 1.807) is 0 Å². The summed E-state index contributed by atoms with van der Waals surface area (Å²) in [5.41, 5.74) is 2.45. The summed E-state index contributed by atoms with van der Waals surface area (Å²) in [7, 11) is 0. The summed E-state index contributed by atoms with van der Waals surface area (Å²) in [4.78, 5) is 7.36. The van der Waals surface area contributed by atoms with Crippen molar-refractivity contribution in [1.82, 2.24) is 4.98 Å². The van der Waals surface area contributed by atoms with Gasteiger partial charge in [-0.05, 0) is 0 Å². The molecule has 0 aliphatic carbocycles. The quantitative estimate of drug-likeness (QED) is 0.515. The van der Waals surface area contributed by atoms with Crippen molar-refractivity contribution >= 4 is 16.6 Å². The largest absolute Gasteiger partial charge is 0.364 e. The monoisotopic (exact) mass is 119 g/mol. The molecule has 3 aromatic rings. The van der Waals surface area contributed by atoms with Crippen LogP contribution in [0.15, 0.2) is 11.2 Å². The van der Waals surface area contributed by atoms with Gasteiger partial charge in [-0.3, -0.25) is 4.99 Å². The highest BCUT2D eigenvalue weighted by molar-refractivity contribution is 6.00. The highest BCUT2D eigenvalue weighted by atomic mass is 15.1. The fourth-order valence-corrected chi connectivity index (χ4v) is 1.41. The first kappa shape index (κ1) is 3.71. The molecular formula is C6H5N3. The molecule has 9 heavy (non-hydrogen) atoms. The molecule has 44 valence electrons. The van der Waals surface area contributed by atoms with Gasteiger partial charge in [0, 0.05) is 11.6 Å². The number of H-pyrrole nitrogens is 1. The minimum Gasteiger partial charge on any atom is -0.364 e. The molecule has 0 saturated carbocycles. The van der Waals surface area contributed by atoms with E-state index in [-0.39, 0.29) is 0 Å². The third kappa shape index (κ3) is 0.230. The fourth-order valence-electron chi connectivity index (χ4n) is 1.41. The Balaban J connectivity index is 2.73. The van der Waals surface area contributed by atoms with Gasteiger partial charge in [0.1, 0.15) is 6.67 Å². The van der Waals surface area contributed by atoms with Crippen LogP contribution in [0.4, 0.5) is 5.69 Å². The first-order chi connectivity index (χ1) is 4.47. The van der Waals surface area contributed by atoms with Gasteiger partial charge < -0.3 is 10.3 Å². The Bertz CT molecular complexity index is 357. The Hall–Kier alpha value is -1.25. The molecule has 3 nitrogen and oxygen atoms in total. The van der Waals surface area contributed by atoms with Crippen molar-refractivity contribution in [3.63, 3.8) is 0 Å². The number of nitrogens with one attached hydrogen (secondary N) is 2. The summed E-state index contributed by atoms with van der Waals surface area (Å²) in [6.07, 6.45) is 2.00.